The van der Waals surface area contributed by atoms with E-state index in [-0.39, 0.29) is 24.2 Å². The van der Waals surface area contributed by atoms with Gasteiger partial charge in [0.25, 0.3) is 5.91 Å². The molecule has 0 unspecified atom stereocenters. The predicted molar refractivity (Wildman–Crippen MR) is 76.5 cm³/mol. The SMILES string of the molecule is CC[C@H]1CN(C(=O)c2ccccc2)CC[C@H]1CC(=O)O. The standard InChI is InChI=1S/C16H21NO3/c1-2-12-11-17(9-8-14(12)10-15(18)19)16(20)13-6-4-3-5-7-13/h3-7,12,14H,2,8-11H2,1H3,(H,18,19)/t12-,14-/m0/s1. The third-order valence-electron chi connectivity index (χ3n) is 4.16. The van der Waals surface area contributed by atoms with Gasteiger partial charge in [-0.2, -0.15) is 0 Å². The molecule has 1 aliphatic rings. The van der Waals surface area contributed by atoms with Crippen LogP contribution in [0.25, 0.3) is 0 Å². The second-order valence-corrected chi connectivity index (χ2v) is 5.43. The molecule has 0 aromatic heterocycles. The third kappa shape index (κ3) is 3.38. The largest absolute Gasteiger partial charge is 0.481 e. The van der Waals surface area contributed by atoms with Crippen molar-refractivity contribution in [2.45, 2.75) is 26.2 Å². The molecule has 1 heterocycles. The molecule has 1 fully saturated rings. The molecule has 0 bridgehead atoms. The van der Waals surface area contributed by atoms with Crippen molar-refractivity contribution in [3.05, 3.63) is 35.9 Å². The number of carboxylic acid groups (broad SMARTS) is 1. The maximum atomic E-state index is 12.4. The number of aliphatic carboxylic acids is 1. The molecule has 0 saturated carbocycles. The molecule has 1 aromatic rings. The maximum Gasteiger partial charge on any atom is 0.303 e. The lowest BCUT2D eigenvalue weighted by atomic mass is 9.81. The van der Waals surface area contributed by atoms with Gasteiger partial charge in [-0.25, -0.2) is 0 Å². The van der Waals surface area contributed by atoms with Crippen molar-refractivity contribution in [1.29, 1.82) is 0 Å². The van der Waals surface area contributed by atoms with Gasteiger partial charge in [0, 0.05) is 25.1 Å². The summed E-state index contributed by atoms with van der Waals surface area (Å²) in [5, 5.41) is 8.95. The number of rotatable bonds is 4. The lowest BCUT2D eigenvalue weighted by molar-refractivity contribution is -0.139. The molecular formula is C16H21NO3. The Labute approximate surface area is 119 Å². The molecule has 2 atom stereocenters. The Kier molecular flexibility index (Phi) is 4.77. The minimum absolute atomic E-state index is 0.0535. The minimum atomic E-state index is -0.740. The van der Waals surface area contributed by atoms with Crippen LogP contribution in [0.2, 0.25) is 0 Å². The van der Waals surface area contributed by atoms with Crippen LogP contribution in [0, 0.1) is 11.8 Å². The quantitative estimate of drug-likeness (QED) is 0.919. The Hall–Kier alpha value is -1.84. The molecule has 4 heteroatoms. The van der Waals surface area contributed by atoms with E-state index in [1.807, 2.05) is 35.2 Å². The Morgan fingerprint density at radius 2 is 1.95 bits per heavy atom. The highest BCUT2D eigenvalue weighted by atomic mass is 16.4. The van der Waals surface area contributed by atoms with Crippen LogP contribution in [0.5, 0.6) is 0 Å². The number of likely N-dealkylation sites (tertiary alicyclic amines) is 1. The van der Waals surface area contributed by atoms with E-state index >= 15 is 0 Å². The number of piperidine rings is 1. The molecule has 0 radical (unpaired) electrons. The number of carbonyl (C=O) groups is 2. The monoisotopic (exact) mass is 275 g/mol. The van der Waals surface area contributed by atoms with E-state index in [4.69, 9.17) is 5.11 Å². The van der Waals surface area contributed by atoms with Gasteiger partial charge in [-0.3, -0.25) is 9.59 Å². The van der Waals surface area contributed by atoms with Gasteiger partial charge in [0.05, 0.1) is 0 Å². The Morgan fingerprint density at radius 3 is 2.55 bits per heavy atom. The van der Waals surface area contributed by atoms with E-state index in [1.165, 1.54) is 0 Å². The molecule has 1 aliphatic heterocycles. The molecule has 1 amide bonds. The minimum Gasteiger partial charge on any atom is -0.481 e. The molecule has 2 rings (SSSR count). The fourth-order valence-electron chi connectivity index (χ4n) is 2.98. The number of nitrogens with zero attached hydrogens (tertiary/aromatic N) is 1. The Morgan fingerprint density at radius 1 is 1.25 bits per heavy atom. The Balaban J connectivity index is 2.03. The zero-order chi connectivity index (χ0) is 14.5. The van der Waals surface area contributed by atoms with Crippen LogP contribution in [-0.4, -0.2) is 35.0 Å². The second kappa shape index (κ2) is 6.55. The number of carboxylic acids is 1. The first-order chi connectivity index (χ1) is 9.61. The van der Waals surface area contributed by atoms with Crippen molar-refractivity contribution < 1.29 is 14.7 Å². The lowest BCUT2D eigenvalue weighted by Gasteiger charge is -2.37. The van der Waals surface area contributed by atoms with Gasteiger partial charge in [-0.15, -0.1) is 0 Å². The molecule has 1 saturated heterocycles. The third-order valence-corrected chi connectivity index (χ3v) is 4.16. The molecule has 108 valence electrons. The summed E-state index contributed by atoms with van der Waals surface area (Å²) in [6.45, 7) is 3.39. The molecule has 20 heavy (non-hydrogen) atoms. The fraction of sp³-hybridized carbons (Fsp3) is 0.500. The summed E-state index contributed by atoms with van der Waals surface area (Å²) in [4.78, 5) is 25.1. The van der Waals surface area contributed by atoms with E-state index in [9.17, 15) is 9.59 Å². The van der Waals surface area contributed by atoms with Crippen LogP contribution in [0.1, 0.15) is 36.5 Å². The van der Waals surface area contributed by atoms with Gasteiger partial charge in [-0.1, -0.05) is 31.5 Å². The second-order valence-electron chi connectivity index (χ2n) is 5.43. The van der Waals surface area contributed by atoms with Crippen LogP contribution in [0.3, 0.4) is 0 Å². The van der Waals surface area contributed by atoms with Crippen LogP contribution in [-0.2, 0) is 4.79 Å². The highest BCUT2D eigenvalue weighted by Crippen LogP contribution is 2.29. The average Bonchev–Trinajstić information content (AvgIpc) is 2.47. The van der Waals surface area contributed by atoms with Crippen LogP contribution >= 0.6 is 0 Å². The first-order valence-corrected chi connectivity index (χ1v) is 7.18. The van der Waals surface area contributed by atoms with Crippen molar-refractivity contribution in [2.75, 3.05) is 13.1 Å². The van der Waals surface area contributed by atoms with E-state index in [0.717, 1.165) is 12.8 Å². The number of amides is 1. The molecule has 0 aliphatic carbocycles. The molecule has 4 nitrogen and oxygen atoms in total. The van der Waals surface area contributed by atoms with Gasteiger partial charge in [0.15, 0.2) is 0 Å². The summed E-state index contributed by atoms with van der Waals surface area (Å²) in [6.07, 6.45) is 1.91. The Bertz CT molecular complexity index is 472. The summed E-state index contributed by atoms with van der Waals surface area (Å²) >= 11 is 0. The molecule has 1 N–H and O–H groups in total. The summed E-state index contributed by atoms with van der Waals surface area (Å²) in [6, 6.07) is 9.27. The van der Waals surface area contributed by atoms with E-state index in [2.05, 4.69) is 6.92 Å². The summed E-state index contributed by atoms with van der Waals surface area (Å²) in [5.74, 6) is -0.209. The van der Waals surface area contributed by atoms with Gasteiger partial charge in [0.2, 0.25) is 0 Å². The first kappa shape index (κ1) is 14.6. The zero-order valence-electron chi connectivity index (χ0n) is 11.8. The highest BCUT2D eigenvalue weighted by molar-refractivity contribution is 5.94. The summed E-state index contributed by atoms with van der Waals surface area (Å²) in [7, 11) is 0. The van der Waals surface area contributed by atoms with Gasteiger partial charge < -0.3 is 10.0 Å². The van der Waals surface area contributed by atoms with Crippen LogP contribution in [0.4, 0.5) is 0 Å². The van der Waals surface area contributed by atoms with E-state index < -0.39 is 5.97 Å². The van der Waals surface area contributed by atoms with Crippen molar-refractivity contribution in [3.8, 4) is 0 Å². The molecule has 1 aromatic carbocycles. The van der Waals surface area contributed by atoms with Crippen molar-refractivity contribution in [2.24, 2.45) is 11.8 Å². The number of hydrogen-bond donors (Lipinski definition) is 1. The topological polar surface area (TPSA) is 57.6 Å². The summed E-state index contributed by atoms with van der Waals surface area (Å²) < 4.78 is 0. The summed E-state index contributed by atoms with van der Waals surface area (Å²) in [5.41, 5.74) is 0.707. The number of carbonyl (C=O) groups excluding carboxylic acids is 1. The van der Waals surface area contributed by atoms with Crippen molar-refractivity contribution in [3.63, 3.8) is 0 Å². The van der Waals surface area contributed by atoms with Crippen molar-refractivity contribution in [1.82, 2.24) is 4.90 Å². The average molecular weight is 275 g/mol. The molecular weight excluding hydrogens is 254 g/mol. The van der Waals surface area contributed by atoms with Crippen LogP contribution in [0.15, 0.2) is 30.3 Å². The number of hydrogen-bond acceptors (Lipinski definition) is 2. The maximum absolute atomic E-state index is 12.4. The van der Waals surface area contributed by atoms with Gasteiger partial charge >= 0.3 is 5.97 Å². The van der Waals surface area contributed by atoms with E-state index in [0.29, 0.717) is 18.7 Å². The smallest absolute Gasteiger partial charge is 0.303 e. The van der Waals surface area contributed by atoms with Crippen LogP contribution < -0.4 is 0 Å². The number of benzene rings is 1. The van der Waals surface area contributed by atoms with Gasteiger partial charge in [0.1, 0.15) is 0 Å². The lowest BCUT2D eigenvalue weighted by Crippen LogP contribution is -2.44. The highest BCUT2D eigenvalue weighted by Gasteiger charge is 2.31. The predicted octanol–water partition coefficient (Wildman–Crippen LogP) is 2.65. The molecule has 0 spiro atoms. The normalized spacial score (nSPS) is 22.6. The zero-order valence-corrected chi connectivity index (χ0v) is 11.8. The first-order valence-electron chi connectivity index (χ1n) is 7.18. The van der Waals surface area contributed by atoms with E-state index in [1.54, 1.807) is 0 Å². The van der Waals surface area contributed by atoms with Gasteiger partial charge in [-0.05, 0) is 30.4 Å². The van der Waals surface area contributed by atoms with Crippen molar-refractivity contribution >= 4 is 11.9 Å². The fourth-order valence-corrected chi connectivity index (χ4v) is 2.98.